The van der Waals surface area contributed by atoms with E-state index in [4.69, 9.17) is 9.40 Å². The van der Waals surface area contributed by atoms with Gasteiger partial charge in [-0.25, -0.2) is 4.98 Å². The number of pyridine rings is 1. The first-order valence-corrected chi connectivity index (χ1v) is 9.17. The molecular weight excluding hydrogens is 342 g/mol. The van der Waals surface area contributed by atoms with E-state index in [2.05, 4.69) is 32.8 Å². The molecule has 0 spiro atoms. The predicted octanol–water partition coefficient (Wildman–Crippen LogP) is 2.31. The van der Waals surface area contributed by atoms with Gasteiger partial charge in [-0.3, -0.25) is 14.7 Å². The minimum absolute atomic E-state index is 0.0540. The fourth-order valence-corrected chi connectivity index (χ4v) is 3.45. The first-order valence-electron chi connectivity index (χ1n) is 9.17. The standard InChI is InChI=1S/C20H23N5O2/c1-15-20-23-17(10-19(26)22-12-18-5-3-9-27-18)14-25(20)8-7-24(15)13-16-4-2-6-21-11-16/h2-6,9,11,14-15H,7-8,10,12-13H2,1H3,(H,22,26). The average Bonchev–Trinajstić information content (AvgIpc) is 3.33. The van der Waals surface area contributed by atoms with Gasteiger partial charge in [0.05, 0.1) is 31.0 Å². The monoisotopic (exact) mass is 365 g/mol. The van der Waals surface area contributed by atoms with Crippen LogP contribution in [-0.4, -0.2) is 31.9 Å². The Balaban J connectivity index is 1.38. The number of hydrogen-bond donors (Lipinski definition) is 1. The smallest absolute Gasteiger partial charge is 0.226 e. The highest BCUT2D eigenvalue weighted by Gasteiger charge is 2.26. The van der Waals surface area contributed by atoms with Crippen LogP contribution in [0, 0.1) is 0 Å². The Labute approximate surface area is 158 Å². The maximum atomic E-state index is 12.2. The number of rotatable bonds is 6. The van der Waals surface area contributed by atoms with E-state index < -0.39 is 0 Å². The maximum absolute atomic E-state index is 12.2. The van der Waals surface area contributed by atoms with Crippen LogP contribution >= 0.6 is 0 Å². The van der Waals surface area contributed by atoms with Crippen LogP contribution in [0.15, 0.2) is 53.5 Å². The van der Waals surface area contributed by atoms with Crippen molar-refractivity contribution in [3.8, 4) is 0 Å². The number of imidazole rings is 1. The number of fused-ring (bicyclic) bond motifs is 1. The molecule has 3 aromatic heterocycles. The molecule has 7 heteroatoms. The Morgan fingerprint density at radius 2 is 2.26 bits per heavy atom. The molecule has 27 heavy (non-hydrogen) atoms. The molecule has 7 nitrogen and oxygen atoms in total. The molecule has 4 rings (SSSR count). The van der Waals surface area contributed by atoms with Gasteiger partial charge in [-0.05, 0) is 30.7 Å². The highest BCUT2D eigenvalue weighted by Crippen LogP contribution is 2.26. The second-order valence-electron chi connectivity index (χ2n) is 6.82. The van der Waals surface area contributed by atoms with Crippen molar-refractivity contribution in [2.45, 2.75) is 39.0 Å². The molecule has 1 atom stereocenters. The van der Waals surface area contributed by atoms with Gasteiger partial charge in [0.2, 0.25) is 5.91 Å². The number of carbonyl (C=O) groups is 1. The van der Waals surface area contributed by atoms with Gasteiger partial charge in [-0.1, -0.05) is 6.07 Å². The van der Waals surface area contributed by atoms with Crippen LogP contribution in [0.1, 0.15) is 35.8 Å². The summed E-state index contributed by atoms with van der Waals surface area (Å²) >= 11 is 0. The lowest BCUT2D eigenvalue weighted by Crippen LogP contribution is -2.36. The summed E-state index contributed by atoms with van der Waals surface area (Å²) in [7, 11) is 0. The summed E-state index contributed by atoms with van der Waals surface area (Å²) in [5, 5.41) is 2.87. The highest BCUT2D eigenvalue weighted by molar-refractivity contribution is 5.77. The third kappa shape index (κ3) is 4.09. The molecule has 3 aromatic rings. The van der Waals surface area contributed by atoms with Gasteiger partial charge in [0.15, 0.2) is 0 Å². The van der Waals surface area contributed by atoms with E-state index in [1.54, 1.807) is 12.5 Å². The molecule has 1 N–H and O–H groups in total. The molecular formula is C20H23N5O2. The van der Waals surface area contributed by atoms with E-state index in [1.807, 2.05) is 30.6 Å². The number of nitrogens with zero attached hydrogens (tertiary/aromatic N) is 4. The molecule has 0 fully saturated rings. The van der Waals surface area contributed by atoms with E-state index in [1.165, 1.54) is 5.56 Å². The SMILES string of the molecule is CC1c2nc(CC(=O)NCc3ccco3)cn2CCN1Cc1cccnc1. The molecule has 0 saturated carbocycles. The molecule has 4 heterocycles. The zero-order valence-electron chi connectivity index (χ0n) is 15.3. The topological polar surface area (TPSA) is 76.2 Å². The van der Waals surface area contributed by atoms with Gasteiger partial charge in [0.25, 0.3) is 0 Å². The molecule has 1 aliphatic heterocycles. The second kappa shape index (κ2) is 7.75. The quantitative estimate of drug-likeness (QED) is 0.725. The fraction of sp³-hybridized carbons (Fsp3) is 0.350. The number of carbonyl (C=O) groups excluding carboxylic acids is 1. The van der Waals surface area contributed by atoms with Crippen molar-refractivity contribution < 1.29 is 9.21 Å². The van der Waals surface area contributed by atoms with Gasteiger partial charge in [0.1, 0.15) is 11.6 Å². The van der Waals surface area contributed by atoms with Crippen molar-refractivity contribution in [1.29, 1.82) is 0 Å². The summed E-state index contributed by atoms with van der Waals surface area (Å²) in [5.41, 5.74) is 2.00. The fourth-order valence-electron chi connectivity index (χ4n) is 3.45. The van der Waals surface area contributed by atoms with Crippen LogP contribution in [-0.2, 0) is 30.8 Å². The third-order valence-corrected chi connectivity index (χ3v) is 4.90. The molecule has 0 bridgehead atoms. The first-order chi connectivity index (χ1) is 13.2. The lowest BCUT2D eigenvalue weighted by Gasteiger charge is -2.33. The number of hydrogen-bond acceptors (Lipinski definition) is 5. The van der Waals surface area contributed by atoms with Gasteiger partial charge in [-0.15, -0.1) is 0 Å². The van der Waals surface area contributed by atoms with Gasteiger partial charge >= 0.3 is 0 Å². The maximum Gasteiger partial charge on any atom is 0.226 e. The zero-order chi connectivity index (χ0) is 18.6. The predicted molar refractivity (Wildman–Crippen MR) is 99.5 cm³/mol. The van der Waals surface area contributed by atoms with Gasteiger partial charge in [-0.2, -0.15) is 0 Å². The van der Waals surface area contributed by atoms with Crippen LogP contribution in [0.5, 0.6) is 0 Å². The van der Waals surface area contributed by atoms with Crippen LogP contribution in [0.3, 0.4) is 0 Å². The third-order valence-electron chi connectivity index (χ3n) is 4.90. The Morgan fingerprint density at radius 1 is 1.33 bits per heavy atom. The Kier molecular flexibility index (Phi) is 5.02. The van der Waals surface area contributed by atoms with E-state index in [0.29, 0.717) is 6.54 Å². The zero-order valence-corrected chi connectivity index (χ0v) is 15.3. The molecule has 0 radical (unpaired) electrons. The van der Waals surface area contributed by atoms with Crippen LogP contribution < -0.4 is 5.32 Å². The molecule has 1 unspecified atom stereocenters. The van der Waals surface area contributed by atoms with Crippen molar-refractivity contribution in [1.82, 2.24) is 24.8 Å². The van der Waals surface area contributed by atoms with Gasteiger partial charge < -0.3 is 14.3 Å². The van der Waals surface area contributed by atoms with E-state index in [-0.39, 0.29) is 18.4 Å². The number of amides is 1. The summed E-state index contributed by atoms with van der Waals surface area (Å²) in [6.45, 7) is 5.23. The number of nitrogens with one attached hydrogen (secondary N) is 1. The van der Waals surface area contributed by atoms with Crippen molar-refractivity contribution in [3.05, 3.63) is 72.0 Å². The normalized spacial score (nSPS) is 16.9. The molecule has 0 aliphatic carbocycles. The van der Waals surface area contributed by atoms with Crippen molar-refractivity contribution in [2.24, 2.45) is 0 Å². The number of aromatic nitrogens is 3. The Hall–Kier alpha value is -2.93. The van der Waals surface area contributed by atoms with Crippen LogP contribution in [0.25, 0.3) is 0 Å². The second-order valence-corrected chi connectivity index (χ2v) is 6.82. The van der Waals surface area contributed by atoms with Crippen LogP contribution in [0.4, 0.5) is 0 Å². The summed E-state index contributed by atoms with van der Waals surface area (Å²) in [5.74, 6) is 1.70. The number of furan rings is 1. The molecule has 1 amide bonds. The van der Waals surface area contributed by atoms with Crippen molar-refractivity contribution >= 4 is 5.91 Å². The summed E-state index contributed by atoms with van der Waals surface area (Å²) < 4.78 is 7.40. The minimum Gasteiger partial charge on any atom is -0.467 e. The van der Waals surface area contributed by atoms with Crippen molar-refractivity contribution in [3.63, 3.8) is 0 Å². The molecule has 0 saturated heterocycles. The van der Waals surface area contributed by atoms with E-state index in [9.17, 15) is 4.79 Å². The summed E-state index contributed by atoms with van der Waals surface area (Å²) in [6, 6.07) is 7.90. The van der Waals surface area contributed by atoms with Crippen molar-refractivity contribution in [2.75, 3.05) is 6.54 Å². The van der Waals surface area contributed by atoms with Crippen LogP contribution in [0.2, 0.25) is 0 Å². The minimum atomic E-state index is -0.0540. The first kappa shape index (κ1) is 17.5. The lowest BCUT2D eigenvalue weighted by atomic mass is 10.1. The lowest BCUT2D eigenvalue weighted by molar-refractivity contribution is -0.120. The average molecular weight is 365 g/mol. The molecule has 140 valence electrons. The highest BCUT2D eigenvalue weighted by atomic mass is 16.3. The van der Waals surface area contributed by atoms with E-state index >= 15 is 0 Å². The summed E-state index contributed by atoms with van der Waals surface area (Å²) in [4.78, 5) is 23.5. The Bertz CT molecular complexity index is 889. The molecule has 0 aromatic carbocycles. The van der Waals surface area contributed by atoms with Gasteiger partial charge in [0, 0.05) is 38.2 Å². The van der Waals surface area contributed by atoms with E-state index in [0.717, 1.165) is 36.9 Å². The molecule has 1 aliphatic rings. The Morgan fingerprint density at radius 3 is 3.04 bits per heavy atom. The summed E-state index contributed by atoms with van der Waals surface area (Å²) in [6.07, 6.45) is 7.57. The largest absolute Gasteiger partial charge is 0.467 e.